The van der Waals surface area contributed by atoms with Crippen LogP contribution in [0.15, 0.2) is 6.33 Å². The number of morpholine rings is 1. The quantitative estimate of drug-likeness (QED) is 0.814. The van der Waals surface area contributed by atoms with Gasteiger partial charge in [-0.2, -0.15) is 5.10 Å². The summed E-state index contributed by atoms with van der Waals surface area (Å²) >= 11 is 0. The van der Waals surface area contributed by atoms with Crippen LogP contribution in [0.2, 0.25) is 0 Å². The van der Waals surface area contributed by atoms with E-state index < -0.39 is 0 Å². The summed E-state index contributed by atoms with van der Waals surface area (Å²) in [6.07, 6.45) is 2.85. The largest absolute Gasteiger partial charge is 0.374 e. The Hall–Kier alpha value is -0.980. The second-order valence-corrected chi connectivity index (χ2v) is 4.87. The molecule has 0 spiro atoms. The smallest absolute Gasteiger partial charge is 0.141 e. The topological polar surface area (TPSA) is 69.2 Å². The fraction of sp³-hybridized carbons (Fsp3) is 0.833. The van der Waals surface area contributed by atoms with Crippen LogP contribution in [0.1, 0.15) is 26.1 Å². The van der Waals surface area contributed by atoms with Gasteiger partial charge in [-0.15, -0.1) is 0 Å². The monoisotopic (exact) mass is 253 g/mol. The molecule has 0 saturated carbocycles. The standard InChI is InChI=1S/C12H23N5O/c1-3-4-17-12(14-9-15-17)7-16-6-11(5-13)18-8-10(16)2/h9-11H,3-8,13H2,1-2H3. The Morgan fingerprint density at radius 1 is 1.56 bits per heavy atom. The van der Waals surface area contributed by atoms with E-state index in [1.807, 2.05) is 4.68 Å². The van der Waals surface area contributed by atoms with Crippen molar-refractivity contribution in [3.8, 4) is 0 Å². The molecule has 0 aromatic carbocycles. The van der Waals surface area contributed by atoms with E-state index in [9.17, 15) is 0 Å². The first-order valence-electron chi connectivity index (χ1n) is 6.67. The molecule has 2 heterocycles. The highest BCUT2D eigenvalue weighted by Crippen LogP contribution is 2.14. The third-order valence-corrected chi connectivity index (χ3v) is 3.37. The first kappa shape index (κ1) is 13.5. The van der Waals surface area contributed by atoms with Gasteiger partial charge >= 0.3 is 0 Å². The zero-order chi connectivity index (χ0) is 13.0. The van der Waals surface area contributed by atoms with Gasteiger partial charge < -0.3 is 10.5 Å². The minimum Gasteiger partial charge on any atom is -0.374 e. The zero-order valence-corrected chi connectivity index (χ0v) is 11.2. The van der Waals surface area contributed by atoms with Gasteiger partial charge in [0.25, 0.3) is 0 Å². The van der Waals surface area contributed by atoms with Gasteiger partial charge in [0.15, 0.2) is 0 Å². The first-order chi connectivity index (χ1) is 8.74. The minimum atomic E-state index is 0.142. The lowest BCUT2D eigenvalue weighted by molar-refractivity contribution is -0.0579. The lowest BCUT2D eigenvalue weighted by Gasteiger charge is -2.37. The second-order valence-electron chi connectivity index (χ2n) is 4.87. The molecule has 1 fully saturated rings. The van der Waals surface area contributed by atoms with E-state index >= 15 is 0 Å². The number of nitrogens with zero attached hydrogens (tertiary/aromatic N) is 4. The third-order valence-electron chi connectivity index (χ3n) is 3.37. The summed E-state index contributed by atoms with van der Waals surface area (Å²) in [5.74, 6) is 1.03. The molecule has 2 N–H and O–H groups in total. The van der Waals surface area contributed by atoms with E-state index in [0.29, 0.717) is 12.6 Å². The maximum absolute atomic E-state index is 5.68. The zero-order valence-electron chi connectivity index (χ0n) is 11.2. The molecule has 18 heavy (non-hydrogen) atoms. The number of rotatable bonds is 5. The van der Waals surface area contributed by atoms with Crippen LogP contribution in [0.3, 0.4) is 0 Å². The molecule has 6 nitrogen and oxygen atoms in total. The highest BCUT2D eigenvalue weighted by molar-refractivity contribution is 4.88. The molecule has 2 rings (SSSR count). The maximum atomic E-state index is 5.68. The summed E-state index contributed by atoms with van der Waals surface area (Å²) in [4.78, 5) is 6.72. The number of nitrogens with two attached hydrogens (primary N) is 1. The van der Waals surface area contributed by atoms with Crippen LogP contribution in [0.4, 0.5) is 0 Å². The molecule has 1 aliphatic rings. The maximum Gasteiger partial charge on any atom is 0.141 e. The van der Waals surface area contributed by atoms with Crippen molar-refractivity contribution in [2.45, 2.75) is 45.5 Å². The summed E-state index contributed by atoms with van der Waals surface area (Å²) in [5, 5.41) is 4.26. The van der Waals surface area contributed by atoms with Crippen LogP contribution < -0.4 is 5.73 Å². The molecule has 0 radical (unpaired) electrons. The lowest BCUT2D eigenvalue weighted by Crippen LogP contribution is -2.50. The van der Waals surface area contributed by atoms with Crippen molar-refractivity contribution in [1.82, 2.24) is 19.7 Å². The minimum absolute atomic E-state index is 0.142. The summed E-state index contributed by atoms with van der Waals surface area (Å²) in [5.41, 5.74) is 5.68. The summed E-state index contributed by atoms with van der Waals surface area (Å²) in [6.45, 7) is 8.25. The highest BCUT2D eigenvalue weighted by Gasteiger charge is 2.26. The predicted molar refractivity (Wildman–Crippen MR) is 69.0 cm³/mol. The number of aryl methyl sites for hydroxylation is 1. The van der Waals surface area contributed by atoms with Crippen LogP contribution in [0, 0.1) is 0 Å². The molecule has 6 heteroatoms. The van der Waals surface area contributed by atoms with Crippen molar-refractivity contribution in [3.63, 3.8) is 0 Å². The number of hydrogen-bond donors (Lipinski definition) is 1. The van der Waals surface area contributed by atoms with Crippen LogP contribution in [-0.2, 0) is 17.8 Å². The van der Waals surface area contributed by atoms with Gasteiger partial charge in [0.05, 0.1) is 19.3 Å². The predicted octanol–water partition coefficient (Wildman–Crippen LogP) is 0.236. The van der Waals surface area contributed by atoms with E-state index in [-0.39, 0.29) is 6.10 Å². The van der Waals surface area contributed by atoms with Crippen LogP contribution >= 0.6 is 0 Å². The van der Waals surface area contributed by atoms with Gasteiger partial charge in [0.2, 0.25) is 0 Å². The van der Waals surface area contributed by atoms with Gasteiger partial charge in [0.1, 0.15) is 12.2 Å². The molecular weight excluding hydrogens is 230 g/mol. The Kier molecular flexibility index (Phi) is 4.68. The van der Waals surface area contributed by atoms with Crippen molar-refractivity contribution in [2.75, 3.05) is 19.7 Å². The van der Waals surface area contributed by atoms with Gasteiger partial charge in [-0.3, -0.25) is 4.90 Å². The third kappa shape index (κ3) is 3.07. The Bertz CT molecular complexity index is 367. The van der Waals surface area contributed by atoms with Gasteiger partial charge in [-0.05, 0) is 13.3 Å². The molecule has 1 aromatic rings. The van der Waals surface area contributed by atoms with Crippen molar-refractivity contribution >= 4 is 0 Å². The molecule has 1 aromatic heterocycles. The Labute approximate surface area is 108 Å². The number of hydrogen-bond acceptors (Lipinski definition) is 5. The molecule has 2 atom stereocenters. The van der Waals surface area contributed by atoms with Crippen LogP contribution in [0.25, 0.3) is 0 Å². The Morgan fingerprint density at radius 2 is 2.39 bits per heavy atom. The average Bonchev–Trinajstić information content (AvgIpc) is 2.80. The van der Waals surface area contributed by atoms with Gasteiger partial charge in [-0.25, -0.2) is 9.67 Å². The van der Waals surface area contributed by atoms with Crippen LogP contribution in [0.5, 0.6) is 0 Å². The lowest BCUT2D eigenvalue weighted by atomic mass is 10.2. The highest BCUT2D eigenvalue weighted by atomic mass is 16.5. The van der Waals surface area contributed by atoms with Gasteiger partial charge in [0, 0.05) is 25.7 Å². The molecule has 2 unspecified atom stereocenters. The fourth-order valence-electron chi connectivity index (χ4n) is 2.23. The normalized spacial score (nSPS) is 25.5. The van der Waals surface area contributed by atoms with Crippen molar-refractivity contribution < 1.29 is 4.74 Å². The van der Waals surface area contributed by atoms with Crippen LogP contribution in [-0.4, -0.2) is 51.5 Å². The Balaban J connectivity index is 2.00. The van der Waals surface area contributed by atoms with Crippen molar-refractivity contribution in [2.24, 2.45) is 5.73 Å². The average molecular weight is 253 g/mol. The summed E-state index contributed by atoms with van der Waals surface area (Å²) < 4.78 is 7.64. The molecule has 1 aliphatic heterocycles. The molecule has 0 amide bonds. The van der Waals surface area contributed by atoms with Crippen molar-refractivity contribution in [3.05, 3.63) is 12.2 Å². The van der Waals surface area contributed by atoms with E-state index in [4.69, 9.17) is 10.5 Å². The molecule has 0 bridgehead atoms. The van der Waals surface area contributed by atoms with Gasteiger partial charge in [-0.1, -0.05) is 6.92 Å². The van der Waals surface area contributed by atoms with E-state index in [2.05, 4.69) is 28.8 Å². The summed E-state index contributed by atoms with van der Waals surface area (Å²) in [7, 11) is 0. The fourth-order valence-corrected chi connectivity index (χ4v) is 2.23. The van der Waals surface area contributed by atoms with E-state index in [0.717, 1.165) is 38.5 Å². The Morgan fingerprint density at radius 3 is 3.11 bits per heavy atom. The van der Waals surface area contributed by atoms with E-state index in [1.54, 1.807) is 6.33 Å². The van der Waals surface area contributed by atoms with E-state index in [1.165, 1.54) is 0 Å². The molecular formula is C12H23N5O. The number of ether oxygens (including phenoxy) is 1. The SMILES string of the molecule is CCCn1ncnc1CN1CC(CN)OCC1C. The summed E-state index contributed by atoms with van der Waals surface area (Å²) in [6, 6.07) is 0.402. The molecule has 1 saturated heterocycles. The number of aromatic nitrogens is 3. The second kappa shape index (κ2) is 6.26. The van der Waals surface area contributed by atoms with Crippen molar-refractivity contribution in [1.29, 1.82) is 0 Å². The molecule has 102 valence electrons. The molecule has 0 aliphatic carbocycles. The first-order valence-corrected chi connectivity index (χ1v) is 6.67.